The molecule has 0 saturated carbocycles. The van der Waals surface area contributed by atoms with Crippen molar-refractivity contribution in [3.05, 3.63) is 48.0 Å². The van der Waals surface area contributed by atoms with Crippen molar-refractivity contribution in [2.24, 2.45) is 0 Å². The van der Waals surface area contributed by atoms with Crippen molar-refractivity contribution >= 4 is 5.97 Å². The van der Waals surface area contributed by atoms with Crippen molar-refractivity contribution in [1.29, 1.82) is 0 Å². The highest BCUT2D eigenvalue weighted by Crippen LogP contribution is 2.19. The van der Waals surface area contributed by atoms with Crippen LogP contribution >= 0.6 is 0 Å². The molecule has 0 aromatic heterocycles. The van der Waals surface area contributed by atoms with Gasteiger partial charge in [0.25, 0.3) is 0 Å². The maximum atomic E-state index is 10.5. The molecule has 3 nitrogen and oxygen atoms in total. The molecular formula is C13H16O3. The minimum atomic E-state index is -0.964. The Morgan fingerprint density at radius 3 is 2.50 bits per heavy atom. The summed E-state index contributed by atoms with van der Waals surface area (Å²) in [5, 5.41) is 18.4. The molecule has 0 bridgehead atoms. The molecule has 1 rings (SSSR count). The first-order chi connectivity index (χ1) is 7.61. The highest BCUT2D eigenvalue weighted by Gasteiger charge is 2.08. The van der Waals surface area contributed by atoms with E-state index >= 15 is 0 Å². The zero-order chi connectivity index (χ0) is 12.0. The van der Waals surface area contributed by atoms with Gasteiger partial charge in [-0.3, -0.25) is 0 Å². The van der Waals surface area contributed by atoms with Crippen LogP contribution in [0.2, 0.25) is 0 Å². The standard InChI is InChI=1S/C13H16O3/c1-10(13(15)16)6-5-9-12(14)11-7-3-2-4-8-11/h2-4,7-8,12,14H,1,5-6,9H2,(H,15,16). The van der Waals surface area contributed by atoms with Crippen molar-refractivity contribution in [3.8, 4) is 0 Å². The first-order valence-electron chi connectivity index (χ1n) is 5.25. The maximum absolute atomic E-state index is 10.5. The number of carbonyl (C=O) groups is 1. The van der Waals surface area contributed by atoms with E-state index in [1.165, 1.54) is 0 Å². The van der Waals surface area contributed by atoms with Gasteiger partial charge in [-0.2, -0.15) is 0 Å². The van der Waals surface area contributed by atoms with Gasteiger partial charge in [-0.1, -0.05) is 36.9 Å². The van der Waals surface area contributed by atoms with E-state index in [4.69, 9.17) is 5.11 Å². The molecule has 0 fully saturated rings. The molecule has 16 heavy (non-hydrogen) atoms. The number of carboxylic acids is 1. The minimum Gasteiger partial charge on any atom is -0.478 e. The summed E-state index contributed by atoms with van der Waals surface area (Å²) in [5.41, 5.74) is 1.06. The van der Waals surface area contributed by atoms with E-state index in [1.807, 2.05) is 30.3 Å². The Morgan fingerprint density at radius 1 is 1.31 bits per heavy atom. The van der Waals surface area contributed by atoms with Gasteiger partial charge in [0.15, 0.2) is 0 Å². The summed E-state index contributed by atoms with van der Waals surface area (Å²) in [7, 11) is 0. The summed E-state index contributed by atoms with van der Waals surface area (Å²) in [6, 6.07) is 9.35. The van der Waals surface area contributed by atoms with Crippen LogP contribution in [0.1, 0.15) is 30.9 Å². The Kier molecular flexibility index (Phi) is 4.73. The van der Waals surface area contributed by atoms with Crippen LogP contribution in [-0.2, 0) is 4.79 Å². The van der Waals surface area contributed by atoms with E-state index in [0.717, 1.165) is 5.56 Å². The van der Waals surface area contributed by atoms with Crippen molar-refractivity contribution in [1.82, 2.24) is 0 Å². The normalized spacial score (nSPS) is 12.1. The highest BCUT2D eigenvalue weighted by atomic mass is 16.4. The Balaban J connectivity index is 2.34. The van der Waals surface area contributed by atoms with Gasteiger partial charge in [-0.25, -0.2) is 4.79 Å². The molecule has 1 atom stereocenters. The van der Waals surface area contributed by atoms with Gasteiger partial charge in [0.1, 0.15) is 0 Å². The molecule has 86 valence electrons. The van der Waals surface area contributed by atoms with Gasteiger partial charge in [0, 0.05) is 5.57 Å². The topological polar surface area (TPSA) is 57.5 Å². The minimum absolute atomic E-state index is 0.195. The van der Waals surface area contributed by atoms with E-state index < -0.39 is 12.1 Å². The van der Waals surface area contributed by atoms with Gasteiger partial charge >= 0.3 is 5.97 Å². The van der Waals surface area contributed by atoms with Crippen LogP contribution in [0.3, 0.4) is 0 Å². The van der Waals surface area contributed by atoms with Crippen LogP contribution in [0.4, 0.5) is 0 Å². The Labute approximate surface area is 95.0 Å². The molecule has 0 aliphatic heterocycles. The van der Waals surface area contributed by atoms with Crippen LogP contribution in [0.5, 0.6) is 0 Å². The second kappa shape index (κ2) is 6.08. The first kappa shape index (κ1) is 12.5. The summed E-state index contributed by atoms with van der Waals surface area (Å²) < 4.78 is 0. The molecule has 0 aliphatic carbocycles. The number of aliphatic hydroxyl groups is 1. The molecular weight excluding hydrogens is 204 g/mol. The zero-order valence-electron chi connectivity index (χ0n) is 9.10. The molecule has 0 saturated heterocycles. The van der Waals surface area contributed by atoms with Crippen molar-refractivity contribution in [2.75, 3.05) is 0 Å². The van der Waals surface area contributed by atoms with E-state index in [9.17, 15) is 9.90 Å². The number of benzene rings is 1. The van der Waals surface area contributed by atoms with Crippen molar-refractivity contribution in [2.45, 2.75) is 25.4 Å². The maximum Gasteiger partial charge on any atom is 0.330 e. The molecule has 0 spiro atoms. The smallest absolute Gasteiger partial charge is 0.330 e. The van der Waals surface area contributed by atoms with Crippen LogP contribution in [-0.4, -0.2) is 16.2 Å². The third-order valence-corrected chi connectivity index (χ3v) is 2.44. The molecule has 0 amide bonds. The van der Waals surface area contributed by atoms with E-state index in [0.29, 0.717) is 19.3 Å². The van der Waals surface area contributed by atoms with Crippen LogP contribution in [0.25, 0.3) is 0 Å². The predicted molar refractivity (Wildman–Crippen MR) is 62.0 cm³/mol. The largest absolute Gasteiger partial charge is 0.478 e. The summed E-state index contributed by atoms with van der Waals surface area (Å²) in [6.07, 6.45) is 1.07. The molecule has 0 heterocycles. The van der Waals surface area contributed by atoms with Gasteiger partial charge < -0.3 is 10.2 Å². The van der Waals surface area contributed by atoms with Crippen molar-refractivity contribution in [3.63, 3.8) is 0 Å². The predicted octanol–water partition coefficient (Wildman–Crippen LogP) is 2.53. The number of aliphatic carboxylic acids is 1. The summed E-state index contributed by atoms with van der Waals surface area (Å²) >= 11 is 0. The number of hydrogen-bond acceptors (Lipinski definition) is 2. The molecule has 0 aliphatic rings. The van der Waals surface area contributed by atoms with Gasteiger partial charge in [0.2, 0.25) is 0 Å². The van der Waals surface area contributed by atoms with E-state index in [-0.39, 0.29) is 5.57 Å². The van der Waals surface area contributed by atoms with Crippen LogP contribution in [0.15, 0.2) is 42.5 Å². The summed E-state index contributed by atoms with van der Waals surface area (Å²) in [5.74, 6) is -0.964. The number of aliphatic hydroxyl groups excluding tert-OH is 1. The number of carboxylic acid groups (broad SMARTS) is 1. The molecule has 1 unspecified atom stereocenters. The first-order valence-corrected chi connectivity index (χ1v) is 5.25. The van der Waals surface area contributed by atoms with E-state index in [1.54, 1.807) is 0 Å². The Bertz CT molecular complexity index is 357. The third-order valence-electron chi connectivity index (χ3n) is 2.44. The SMILES string of the molecule is C=C(CCCC(O)c1ccccc1)C(=O)O. The third kappa shape index (κ3) is 3.87. The molecule has 3 heteroatoms. The van der Waals surface area contributed by atoms with Gasteiger partial charge in [-0.05, 0) is 24.8 Å². The lowest BCUT2D eigenvalue weighted by molar-refractivity contribution is -0.132. The van der Waals surface area contributed by atoms with Crippen molar-refractivity contribution < 1.29 is 15.0 Å². The fourth-order valence-electron chi connectivity index (χ4n) is 1.46. The second-order valence-electron chi connectivity index (χ2n) is 3.73. The number of hydrogen-bond donors (Lipinski definition) is 2. The Morgan fingerprint density at radius 2 is 1.94 bits per heavy atom. The molecule has 1 aromatic carbocycles. The molecule has 1 aromatic rings. The zero-order valence-corrected chi connectivity index (χ0v) is 9.10. The highest BCUT2D eigenvalue weighted by molar-refractivity contribution is 5.85. The second-order valence-corrected chi connectivity index (χ2v) is 3.73. The number of rotatable bonds is 6. The van der Waals surface area contributed by atoms with Gasteiger partial charge in [0.05, 0.1) is 6.10 Å². The lowest BCUT2D eigenvalue weighted by Crippen LogP contribution is -2.01. The monoisotopic (exact) mass is 220 g/mol. The average Bonchev–Trinajstić information content (AvgIpc) is 2.29. The molecule has 0 radical (unpaired) electrons. The van der Waals surface area contributed by atoms with Crippen LogP contribution < -0.4 is 0 Å². The molecule has 2 N–H and O–H groups in total. The Hall–Kier alpha value is -1.61. The quantitative estimate of drug-likeness (QED) is 0.724. The lowest BCUT2D eigenvalue weighted by Gasteiger charge is -2.10. The summed E-state index contributed by atoms with van der Waals surface area (Å²) in [4.78, 5) is 10.5. The van der Waals surface area contributed by atoms with Crippen LogP contribution in [0, 0.1) is 0 Å². The lowest BCUT2D eigenvalue weighted by atomic mass is 10.0. The average molecular weight is 220 g/mol. The summed E-state index contributed by atoms with van der Waals surface area (Å²) in [6.45, 7) is 3.44. The fraction of sp³-hybridized carbons (Fsp3) is 0.308. The fourth-order valence-corrected chi connectivity index (χ4v) is 1.46. The van der Waals surface area contributed by atoms with E-state index in [2.05, 4.69) is 6.58 Å². The van der Waals surface area contributed by atoms with Gasteiger partial charge in [-0.15, -0.1) is 0 Å².